The van der Waals surface area contributed by atoms with Crippen molar-refractivity contribution in [2.75, 3.05) is 36.4 Å². The number of hydrogen-bond donors (Lipinski definition) is 1. The molecule has 2 aromatic heterocycles. The topological polar surface area (TPSA) is 83.4 Å². The number of benzene rings is 1. The molecule has 0 radical (unpaired) electrons. The lowest BCUT2D eigenvalue weighted by Crippen LogP contribution is -2.51. The molecule has 0 saturated carbocycles. The van der Waals surface area contributed by atoms with E-state index in [1.165, 1.54) is 5.56 Å². The van der Waals surface area contributed by atoms with E-state index in [0.717, 1.165) is 23.1 Å². The molecule has 8 nitrogen and oxygen atoms in total. The Morgan fingerprint density at radius 2 is 1.94 bits per heavy atom. The smallest absolute Gasteiger partial charge is 0.321 e. The molecule has 168 valence electrons. The molecule has 1 fully saturated rings. The van der Waals surface area contributed by atoms with Crippen LogP contribution in [-0.2, 0) is 13.0 Å². The molecule has 2 amide bonds. The molecule has 0 aliphatic carbocycles. The molecule has 3 heterocycles. The maximum atomic E-state index is 13.3. The molecule has 3 aromatic rings. The highest BCUT2D eigenvalue weighted by atomic mass is 16.2. The van der Waals surface area contributed by atoms with E-state index in [4.69, 9.17) is 0 Å². The lowest BCUT2D eigenvalue weighted by molar-refractivity contribution is 0.208. The number of fused-ring (bicyclic) bond motifs is 1. The molecule has 1 saturated heterocycles. The highest BCUT2D eigenvalue weighted by Gasteiger charge is 2.25. The average molecular weight is 435 g/mol. The Morgan fingerprint density at radius 3 is 2.66 bits per heavy atom. The van der Waals surface area contributed by atoms with Crippen LogP contribution in [0.15, 0.2) is 47.5 Å². The van der Waals surface area contributed by atoms with Crippen LogP contribution in [0.25, 0.3) is 11.0 Å². The maximum Gasteiger partial charge on any atom is 0.321 e. The molecule has 0 spiro atoms. The van der Waals surface area contributed by atoms with E-state index in [1.807, 2.05) is 35.2 Å². The van der Waals surface area contributed by atoms with E-state index < -0.39 is 0 Å². The van der Waals surface area contributed by atoms with E-state index in [9.17, 15) is 9.59 Å². The minimum atomic E-state index is -0.118. The standard InChI is InChI=1S/C24H30N6O2/c1-4-18-6-5-7-19(14-18)26-24(32)29-12-10-28(11-13-29)22-23(31)30(16-17(2)3)21-15-25-9-8-20(21)27-22/h5-9,14-15,17H,4,10-13,16H2,1-3H3,(H,26,32). The molecule has 4 rings (SSSR count). The number of aryl methyl sites for hydroxylation is 1. The molecule has 1 aliphatic heterocycles. The van der Waals surface area contributed by atoms with Crippen LogP contribution in [-0.4, -0.2) is 51.6 Å². The Labute approximate surface area is 187 Å². The predicted molar refractivity (Wildman–Crippen MR) is 127 cm³/mol. The number of amides is 2. The number of anilines is 2. The summed E-state index contributed by atoms with van der Waals surface area (Å²) in [5.41, 5.74) is 3.39. The van der Waals surface area contributed by atoms with Crippen LogP contribution < -0.4 is 15.8 Å². The predicted octanol–water partition coefficient (Wildman–Crippen LogP) is 3.36. The highest BCUT2D eigenvalue weighted by molar-refractivity contribution is 5.89. The van der Waals surface area contributed by atoms with Crippen LogP contribution in [0.5, 0.6) is 0 Å². The van der Waals surface area contributed by atoms with Crippen molar-refractivity contribution in [2.24, 2.45) is 5.92 Å². The van der Waals surface area contributed by atoms with Crippen molar-refractivity contribution in [3.05, 3.63) is 58.6 Å². The summed E-state index contributed by atoms with van der Waals surface area (Å²) >= 11 is 0. The first-order chi connectivity index (χ1) is 15.5. The largest absolute Gasteiger partial charge is 0.348 e. The summed E-state index contributed by atoms with van der Waals surface area (Å²) in [6, 6.07) is 9.62. The second-order valence-electron chi connectivity index (χ2n) is 8.57. The fourth-order valence-corrected chi connectivity index (χ4v) is 4.02. The summed E-state index contributed by atoms with van der Waals surface area (Å²) in [7, 11) is 0. The third kappa shape index (κ3) is 4.59. The van der Waals surface area contributed by atoms with Gasteiger partial charge in [0.05, 0.1) is 17.2 Å². The molecule has 1 aromatic carbocycles. The Hall–Kier alpha value is -3.42. The van der Waals surface area contributed by atoms with Gasteiger partial charge in [0.25, 0.3) is 5.56 Å². The first-order valence-electron chi connectivity index (χ1n) is 11.2. The third-order valence-electron chi connectivity index (χ3n) is 5.73. The van der Waals surface area contributed by atoms with Gasteiger partial charge in [-0.05, 0) is 36.1 Å². The van der Waals surface area contributed by atoms with Crippen molar-refractivity contribution in [2.45, 2.75) is 33.7 Å². The Kier molecular flexibility index (Phi) is 6.39. The Morgan fingerprint density at radius 1 is 1.16 bits per heavy atom. The number of piperazine rings is 1. The van der Waals surface area contributed by atoms with E-state index in [-0.39, 0.29) is 11.6 Å². The average Bonchev–Trinajstić information content (AvgIpc) is 2.80. The van der Waals surface area contributed by atoms with Gasteiger partial charge in [-0.1, -0.05) is 32.9 Å². The fraction of sp³-hybridized carbons (Fsp3) is 0.417. The number of aromatic nitrogens is 3. The molecule has 0 unspecified atom stereocenters. The van der Waals surface area contributed by atoms with Gasteiger partial charge in [-0.2, -0.15) is 0 Å². The molecule has 8 heteroatoms. The highest BCUT2D eigenvalue weighted by Crippen LogP contribution is 2.17. The minimum absolute atomic E-state index is 0.103. The second kappa shape index (κ2) is 9.38. The zero-order valence-corrected chi connectivity index (χ0v) is 18.9. The van der Waals surface area contributed by atoms with Crippen LogP contribution in [0.4, 0.5) is 16.3 Å². The van der Waals surface area contributed by atoms with Gasteiger partial charge in [0.1, 0.15) is 0 Å². The van der Waals surface area contributed by atoms with Gasteiger partial charge >= 0.3 is 6.03 Å². The van der Waals surface area contributed by atoms with Gasteiger partial charge in [-0.15, -0.1) is 0 Å². The normalized spacial score (nSPS) is 14.2. The summed E-state index contributed by atoms with van der Waals surface area (Å²) in [6.07, 6.45) is 4.32. The summed E-state index contributed by atoms with van der Waals surface area (Å²) < 4.78 is 1.77. The first kappa shape index (κ1) is 21.8. The number of hydrogen-bond acceptors (Lipinski definition) is 5. The van der Waals surface area contributed by atoms with Crippen molar-refractivity contribution in [3.8, 4) is 0 Å². The third-order valence-corrected chi connectivity index (χ3v) is 5.73. The number of pyridine rings is 1. The van der Waals surface area contributed by atoms with Gasteiger partial charge in [-0.25, -0.2) is 9.78 Å². The van der Waals surface area contributed by atoms with Crippen LogP contribution in [0.3, 0.4) is 0 Å². The van der Waals surface area contributed by atoms with Crippen molar-refractivity contribution >= 4 is 28.6 Å². The zero-order valence-electron chi connectivity index (χ0n) is 18.9. The van der Waals surface area contributed by atoms with Gasteiger partial charge in [0, 0.05) is 44.6 Å². The van der Waals surface area contributed by atoms with Crippen LogP contribution in [0.1, 0.15) is 26.3 Å². The van der Waals surface area contributed by atoms with Gasteiger partial charge in [0.2, 0.25) is 0 Å². The summed E-state index contributed by atoms with van der Waals surface area (Å²) in [6.45, 7) is 9.04. The van der Waals surface area contributed by atoms with Crippen molar-refractivity contribution in [3.63, 3.8) is 0 Å². The number of carbonyl (C=O) groups excluding carboxylic acids is 1. The number of rotatable bonds is 5. The number of nitrogens with one attached hydrogen (secondary N) is 1. The summed E-state index contributed by atoms with van der Waals surface area (Å²) in [5, 5.41) is 2.99. The molecule has 1 N–H and O–H groups in total. The van der Waals surface area contributed by atoms with E-state index in [2.05, 4.69) is 36.1 Å². The van der Waals surface area contributed by atoms with E-state index in [1.54, 1.807) is 21.9 Å². The lowest BCUT2D eigenvalue weighted by atomic mass is 10.1. The molecule has 32 heavy (non-hydrogen) atoms. The van der Waals surface area contributed by atoms with Crippen LogP contribution in [0, 0.1) is 5.92 Å². The summed E-state index contributed by atoms with van der Waals surface area (Å²) in [5.74, 6) is 0.762. The van der Waals surface area contributed by atoms with Gasteiger partial charge in [-0.3, -0.25) is 9.78 Å². The van der Waals surface area contributed by atoms with E-state index in [0.29, 0.717) is 44.5 Å². The fourth-order valence-electron chi connectivity index (χ4n) is 4.02. The Balaban J connectivity index is 1.50. The first-order valence-corrected chi connectivity index (χ1v) is 11.2. The molecule has 0 atom stereocenters. The van der Waals surface area contributed by atoms with Gasteiger partial charge < -0.3 is 19.7 Å². The van der Waals surface area contributed by atoms with Crippen molar-refractivity contribution < 1.29 is 4.79 Å². The Bertz CT molecular complexity index is 1160. The molecular formula is C24H30N6O2. The number of urea groups is 1. The molecular weight excluding hydrogens is 404 g/mol. The van der Waals surface area contributed by atoms with Crippen molar-refractivity contribution in [1.82, 2.24) is 19.4 Å². The zero-order chi connectivity index (χ0) is 22.7. The number of carbonyl (C=O) groups is 1. The minimum Gasteiger partial charge on any atom is -0.348 e. The lowest BCUT2D eigenvalue weighted by Gasteiger charge is -2.35. The monoisotopic (exact) mass is 434 g/mol. The SMILES string of the molecule is CCc1cccc(NC(=O)N2CCN(c3nc4ccncc4n(CC(C)C)c3=O)CC2)c1. The van der Waals surface area contributed by atoms with Crippen LogP contribution >= 0.6 is 0 Å². The summed E-state index contributed by atoms with van der Waals surface area (Å²) in [4.78, 5) is 38.6. The molecule has 0 bridgehead atoms. The van der Waals surface area contributed by atoms with E-state index >= 15 is 0 Å². The van der Waals surface area contributed by atoms with Gasteiger partial charge in [0.15, 0.2) is 5.82 Å². The van der Waals surface area contributed by atoms with Crippen LogP contribution in [0.2, 0.25) is 0 Å². The van der Waals surface area contributed by atoms with Crippen molar-refractivity contribution in [1.29, 1.82) is 0 Å². The quantitative estimate of drug-likeness (QED) is 0.666. The molecule has 1 aliphatic rings. The maximum absolute atomic E-state index is 13.3. The second-order valence-corrected chi connectivity index (χ2v) is 8.57. The number of nitrogens with zero attached hydrogens (tertiary/aromatic N) is 5.